The molecule has 0 spiro atoms. The number of carbonyl (C=O) groups excluding carboxylic acids is 2. The highest BCUT2D eigenvalue weighted by Gasteiger charge is 2.21. The van der Waals surface area contributed by atoms with Gasteiger partial charge in [-0.25, -0.2) is 4.98 Å². The molecular weight excluding hydrogens is 334 g/mol. The Morgan fingerprint density at radius 1 is 1.28 bits per heavy atom. The summed E-state index contributed by atoms with van der Waals surface area (Å²) in [5.74, 6) is 0.112. The molecule has 2 rings (SSSR count). The van der Waals surface area contributed by atoms with Crippen molar-refractivity contribution in [3.63, 3.8) is 0 Å². The zero-order chi connectivity index (χ0) is 18.6. The molecular formula is C19H25N3O2S. The van der Waals surface area contributed by atoms with Gasteiger partial charge in [-0.15, -0.1) is 0 Å². The number of nitrogens with one attached hydrogen (secondary N) is 1. The lowest BCUT2D eigenvalue weighted by atomic mass is 10.0. The van der Waals surface area contributed by atoms with Crippen LogP contribution in [0.15, 0.2) is 35.7 Å². The monoisotopic (exact) mass is 359 g/mol. The average molecular weight is 359 g/mol. The smallest absolute Gasteiger partial charge is 0.231 e. The third-order valence-corrected chi connectivity index (χ3v) is 4.95. The van der Waals surface area contributed by atoms with Crippen molar-refractivity contribution in [1.29, 1.82) is 0 Å². The molecule has 1 unspecified atom stereocenters. The van der Waals surface area contributed by atoms with Crippen LogP contribution in [0.2, 0.25) is 0 Å². The van der Waals surface area contributed by atoms with Crippen LogP contribution in [0.4, 0.5) is 0 Å². The largest absolute Gasteiger partial charge is 0.345 e. The number of rotatable bonds is 7. The SMILES string of the molecule is CC(=O)C(NC(=O)CSc1nccn1-c1cc(C)ccc1C)C(C)C. The highest BCUT2D eigenvalue weighted by atomic mass is 32.2. The van der Waals surface area contributed by atoms with Gasteiger partial charge in [0, 0.05) is 12.4 Å². The summed E-state index contributed by atoms with van der Waals surface area (Å²) in [6.07, 6.45) is 3.63. The Morgan fingerprint density at radius 3 is 2.64 bits per heavy atom. The second-order valence-corrected chi connectivity index (χ2v) is 7.50. The summed E-state index contributed by atoms with van der Waals surface area (Å²) in [6, 6.07) is 5.81. The number of hydrogen-bond donors (Lipinski definition) is 1. The van der Waals surface area contributed by atoms with E-state index in [2.05, 4.69) is 35.4 Å². The van der Waals surface area contributed by atoms with Crippen LogP contribution in [0.3, 0.4) is 0 Å². The summed E-state index contributed by atoms with van der Waals surface area (Å²) in [4.78, 5) is 28.2. The maximum Gasteiger partial charge on any atom is 0.231 e. The van der Waals surface area contributed by atoms with Gasteiger partial charge in [0.15, 0.2) is 10.9 Å². The lowest BCUT2D eigenvalue weighted by Crippen LogP contribution is -2.44. The predicted molar refractivity (Wildman–Crippen MR) is 101 cm³/mol. The minimum atomic E-state index is -0.438. The quantitative estimate of drug-likeness (QED) is 0.771. The van der Waals surface area contributed by atoms with E-state index in [1.807, 2.05) is 31.5 Å². The molecule has 1 N–H and O–H groups in total. The van der Waals surface area contributed by atoms with E-state index < -0.39 is 6.04 Å². The first kappa shape index (κ1) is 19.2. The number of nitrogens with zero attached hydrogens (tertiary/aromatic N) is 2. The van der Waals surface area contributed by atoms with Crippen LogP contribution in [0.25, 0.3) is 5.69 Å². The first-order valence-corrected chi connectivity index (χ1v) is 9.31. The number of thioether (sulfide) groups is 1. The van der Waals surface area contributed by atoms with Gasteiger partial charge in [-0.2, -0.15) is 0 Å². The fourth-order valence-corrected chi connectivity index (χ4v) is 3.42. The summed E-state index contributed by atoms with van der Waals surface area (Å²) in [5.41, 5.74) is 3.37. The Morgan fingerprint density at radius 2 is 2.00 bits per heavy atom. The molecule has 1 amide bonds. The molecule has 0 saturated heterocycles. The Bertz CT molecular complexity index is 768. The van der Waals surface area contributed by atoms with E-state index in [4.69, 9.17) is 0 Å². The maximum atomic E-state index is 12.2. The lowest BCUT2D eigenvalue weighted by Gasteiger charge is -2.19. The second-order valence-electron chi connectivity index (χ2n) is 6.56. The number of Topliss-reactive ketones (excluding diaryl/α,β-unsaturated/α-hetero) is 1. The van der Waals surface area contributed by atoms with Crippen LogP contribution < -0.4 is 5.32 Å². The summed E-state index contributed by atoms with van der Waals surface area (Å²) in [6.45, 7) is 9.45. The van der Waals surface area contributed by atoms with E-state index in [1.165, 1.54) is 24.2 Å². The second kappa shape index (κ2) is 8.34. The molecule has 0 aliphatic heterocycles. The van der Waals surface area contributed by atoms with Crippen molar-refractivity contribution in [1.82, 2.24) is 14.9 Å². The van der Waals surface area contributed by atoms with E-state index in [0.29, 0.717) is 0 Å². The Hall–Kier alpha value is -2.08. The van der Waals surface area contributed by atoms with Gasteiger partial charge in [0.25, 0.3) is 0 Å². The summed E-state index contributed by atoms with van der Waals surface area (Å²) >= 11 is 1.37. The van der Waals surface area contributed by atoms with Crippen molar-refractivity contribution < 1.29 is 9.59 Å². The van der Waals surface area contributed by atoms with E-state index in [0.717, 1.165) is 16.4 Å². The molecule has 134 valence electrons. The van der Waals surface area contributed by atoms with Gasteiger partial charge in [0.2, 0.25) is 5.91 Å². The number of amides is 1. The number of ketones is 1. The highest BCUT2D eigenvalue weighted by molar-refractivity contribution is 7.99. The van der Waals surface area contributed by atoms with Crippen LogP contribution in [0.5, 0.6) is 0 Å². The van der Waals surface area contributed by atoms with E-state index in [9.17, 15) is 9.59 Å². The van der Waals surface area contributed by atoms with E-state index in [-0.39, 0.29) is 23.4 Å². The van der Waals surface area contributed by atoms with E-state index in [1.54, 1.807) is 6.20 Å². The van der Waals surface area contributed by atoms with Crippen molar-refractivity contribution in [2.75, 3.05) is 5.75 Å². The minimum absolute atomic E-state index is 0.0229. The van der Waals surface area contributed by atoms with Gasteiger partial charge < -0.3 is 5.32 Å². The molecule has 0 radical (unpaired) electrons. The molecule has 1 aromatic carbocycles. The highest BCUT2D eigenvalue weighted by Crippen LogP contribution is 2.23. The van der Waals surface area contributed by atoms with Crippen LogP contribution in [0.1, 0.15) is 31.9 Å². The Kier molecular flexibility index (Phi) is 6.42. The van der Waals surface area contributed by atoms with Crippen molar-refractivity contribution in [2.45, 2.75) is 45.8 Å². The molecule has 0 bridgehead atoms. The lowest BCUT2D eigenvalue weighted by molar-refractivity contribution is -0.126. The maximum absolute atomic E-state index is 12.2. The van der Waals surface area contributed by atoms with Crippen LogP contribution in [-0.4, -0.2) is 33.0 Å². The summed E-state index contributed by atoms with van der Waals surface area (Å²) < 4.78 is 1.99. The van der Waals surface area contributed by atoms with Gasteiger partial charge in [0.05, 0.1) is 17.5 Å². The van der Waals surface area contributed by atoms with Crippen molar-refractivity contribution in [2.24, 2.45) is 5.92 Å². The van der Waals surface area contributed by atoms with Gasteiger partial charge in [-0.1, -0.05) is 37.7 Å². The van der Waals surface area contributed by atoms with Crippen LogP contribution in [-0.2, 0) is 9.59 Å². The molecule has 1 atom stereocenters. The zero-order valence-corrected chi connectivity index (χ0v) is 16.2. The van der Waals surface area contributed by atoms with Gasteiger partial charge in [0.1, 0.15) is 0 Å². The molecule has 0 saturated carbocycles. The Balaban J connectivity index is 2.08. The van der Waals surface area contributed by atoms with Crippen LogP contribution in [0, 0.1) is 19.8 Å². The Labute approximate surface area is 153 Å². The van der Waals surface area contributed by atoms with Crippen LogP contribution >= 0.6 is 11.8 Å². The van der Waals surface area contributed by atoms with Crippen molar-refractivity contribution >= 4 is 23.5 Å². The topological polar surface area (TPSA) is 64.0 Å². The summed E-state index contributed by atoms with van der Waals surface area (Å²) in [5, 5.41) is 3.57. The number of aromatic nitrogens is 2. The third-order valence-electron chi connectivity index (χ3n) is 3.98. The number of aryl methyl sites for hydroxylation is 2. The standard InChI is InChI=1S/C19H25N3O2S/c1-12(2)18(15(5)23)21-17(24)11-25-19-20-8-9-22(19)16-10-13(3)6-7-14(16)4/h6-10,12,18H,11H2,1-5H3,(H,21,24). The molecule has 2 aromatic rings. The first-order chi connectivity index (χ1) is 11.8. The van der Waals surface area contributed by atoms with E-state index >= 15 is 0 Å². The molecule has 1 aromatic heterocycles. The molecule has 1 heterocycles. The number of carbonyl (C=O) groups is 2. The fraction of sp³-hybridized carbons (Fsp3) is 0.421. The molecule has 0 aliphatic carbocycles. The zero-order valence-electron chi connectivity index (χ0n) is 15.4. The normalized spacial score (nSPS) is 12.2. The average Bonchev–Trinajstić information content (AvgIpc) is 3.00. The van der Waals surface area contributed by atoms with Gasteiger partial charge in [-0.05, 0) is 43.9 Å². The number of benzene rings is 1. The van der Waals surface area contributed by atoms with Crippen molar-refractivity contribution in [3.8, 4) is 5.69 Å². The molecule has 5 nitrogen and oxygen atoms in total. The van der Waals surface area contributed by atoms with Gasteiger partial charge in [-0.3, -0.25) is 14.2 Å². The molecule has 0 aliphatic rings. The molecule has 25 heavy (non-hydrogen) atoms. The number of imidazole rings is 1. The number of hydrogen-bond acceptors (Lipinski definition) is 4. The molecule has 0 fully saturated rings. The first-order valence-electron chi connectivity index (χ1n) is 8.33. The van der Waals surface area contributed by atoms with Gasteiger partial charge >= 0.3 is 0 Å². The predicted octanol–water partition coefficient (Wildman–Crippen LogP) is 3.31. The minimum Gasteiger partial charge on any atom is -0.345 e. The third kappa shape index (κ3) is 4.95. The van der Waals surface area contributed by atoms with Crippen molar-refractivity contribution in [3.05, 3.63) is 41.7 Å². The molecule has 6 heteroatoms. The summed E-state index contributed by atoms with van der Waals surface area (Å²) in [7, 11) is 0. The fourth-order valence-electron chi connectivity index (χ4n) is 2.64.